The molecule has 0 fully saturated rings. The van der Waals surface area contributed by atoms with E-state index in [1.165, 1.54) is 6.07 Å². The minimum absolute atomic E-state index is 0.162. The molecule has 21 heavy (non-hydrogen) atoms. The molecule has 106 valence electrons. The molecule has 2 aromatic rings. The second kappa shape index (κ2) is 6.54. The number of benzene rings is 2. The summed E-state index contributed by atoms with van der Waals surface area (Å²) in [5.41, 5.74) is 1.20. The fraction of sp³-hybridized carbons (Fsp3) is 0.0667. The minimum atomic E-state index is -0.522. The summed E-state index contributed by atoms with van der Waals surface area (Å²) in [6, 6.07) is 9.83. The highest BCUT2D eigenvalue weighted by molar-refractivity contribution is 14.1. The molecule has 2 aromatic carbocycles. The van der Waals surface area contributed by atoms with Crippen LogP contribution < -0.4 is 5.32 Å². The van der Waals surface area contributed by atoms with Crippen LogP contribution in [0.5, 0.6) is 0 Å². The van der Waals surface area contributed by atoms with Gasteiger partial charge in [0.2, 0.25) is 0 Å². The highest BCUT2D eigenvalue weighted by Gasteiger charge is 2.14. The normalized spacial score (nSPS) is 10.0. The average molecular weight is 459 g/mol. The Kier molecular flexibility index (Phi) is 4.96. The zero-order valence-electron chi connectivity index (χ0n) is 10.9. The molecule has 0 saturated heterocycles. The van der Waals surface area contributed by atoms with E-state index >= 15 is 0 Å². The Balaban J connectivity index is 2.38. The van der Waals surface area contributed by atoms with Crippen LogP contribution in [-0.4, -0.2) is 5.91 Å². The van der Waals surface area contributed by atoms with Crippen molar-refractivity contribution in [3.8, 4) is 6.07 Å². The lowest BCUT2D eigenvalue weighted by molar-refractivity contribution is 0.102. The van der Waals surface area contributed by atoms with Crippen molar-refractivity contribution in [2.75, 3.05) is 5.32 Å². The average Bonchev–Trinajstić information content (AvgIpc) is 2.46. The summed E-state index contributed by atoms with van der Waals surface area (Å²) in [6.45, 7) is 1.55. The number of rotatable bonds is 2. The third-order valence-corrected chi connectivity index (χ3v) is 4.26. The molecule has 0 radical (unpaired) electrons. The molecule has 6 heteroatoms. The molecule has 0 aliphatic carbocycles. The highest BCUT2D eigenvalue weighted by Crippen LogP contribution is 2.24. The Morgan fingerprint density at radius 3 is 2.76 bits per heavy atom. The standard InChI is InChI=1S/C15H9BrFIN2O/c1-8-13(17)4-9(7-19)5-14(8)20-15(21)11-6-10(18)2-3-12(11)16/h2-6H,1H3,(H,20,21). The Hall–Kier alpha value is -1.46. The molecular formula is C15H9BrFIN2O. The van der Waals surface area contributed by atoms with E-state index in [1.54, 1.807) is 19.1 Å². The molecule has 0 aromatic heterocycles. The minimum Gasteiger partial charge on any atom is -0.322 e. The molecule has 0 bridgehead atoms. The predicted octanol–water partition coefficient (Wildman–Crippen LogP) is 4.63. The summed E-state index contributed by atoms with van der Waals surface area (Å²) in [6.07, 6.45) is 0. The molecule has 0 aliphatic heterocycles. The van der Waals surface area contributed by atoms with Crippen LogP contribution >= 0.6 is 38.5 Å². The van der Waals surface area contributed by atoms with Gasteiger partial charge in [-0.1, -0.05) is 0 Å². The number of carbonyl (C=O) groups is 1. The summed E-state index contributed by atoms with van der Waals surface area (Å²) >= 11 is 5.42. The number of halogens is 3. The van der Waals surface area contributed by atoms with Crippen LogP contribution in [0, 0.1) is 27.6 Å². The molecule has 0 atom stereocenters. The lowest BCUT2D eigenvalue weighted by Gasteiger charge is -2.11. The van der Waals surface area contributed by atoms with Gasteiger partial charge in [0.15, 0.2) is 0 Å². The number of hydrogen-bond acceptors (Lipinski definition) is 2. The molecule has 0 unspecified atom stereocenters. The SMILES string of the molecule is Cc1c(F)cc(C#N)cc1NC(=O)c1cc(I)ccc1Br. The first-order valence-corrected chi connectivity index (χ1v) is 7.76. The van der Waals surface area contributed by atoms with Crippen molar-refractivity contribution in [1.29, 1.82) is 5.26 Å². The smallest absolute Gasteiger partial charge is 0.256 e. The highest BCUT2D eigenvalue weighted by atomic mass is 127. The third-order valence-electron chi connectivity index (χ3n) is 2.89. The van der Waals surface area contributed by atoms with E-state index in [4.69, 9.17) is 5.26 Å². The molecule has 3 nitrogen and oxygen atoms in total. The zero-order valence-corrected chi connectivity index (χ0v) is 14.6. The van der Waals surface area contributed by atoms with Gasteiger partial charge in [0.25, 0.3) is 5.91 Å². The molecule has 0 spiro atoms. The van der Waals surface area contributed by atoms with Crippen molar-refractivity contribution in [3.63, 3.8) is 0 Å². The van der Waals surface area contributed by atoms with Gasteiger partial charge in [0.1, 0.15) is 5.82 Å². The zero-order chi connectivity index (χ0) is 15.6. The molecule has 0 aliphatic rings. The van der Waals surface area contributed by atoms with E-state index in [-0.39, 0.29) is 11.5 Å². The lowest BCUT2D eigenvalue weighted by Crippen LogP contribution is -2.14. The predicted molar refractivity (Wildman–Crippen MR) is 90.7 cm³/mol. The summed E-state index contributed by atoms with van der Waals surface area (Å²) in [4.78, 5) is 12.3. The maximum Gasteiger partial charge on any atom is 0.256 e. The van der Waals surface area contributed by atoms with Crippen LogP contribution in [0.4, 0.5) is 10.1 Å². The van der Waals surface area contributed by atoms with Gasteiger partial charge in [0.05, 0.1) is 17.2 Å². The third kappa shape index (κ3) is 3.60. The first kappa shape index (κ1) is 15.9. The van der Waals surface area contributed by atoms with Crippen molar-refractivity contribution in [3.05, 3.63) is 60.9 Å². The monoisotopic (exact) mass is 458 g/mol. The number of nitriles is 1. The van der Waals surface area contributed by atoms with E-state index in [1.807, 2.05) is 12.1 Å². The Morgan fingerprint density at radius 2 is 2.10 bits per heavy atom. The van der Waals surface area contributed by atoms with Gasteiger partial charge in [-0.3, -0.25) is 4.79 Å². The number of nitrogens with one attached hydrogen (secondary N) is 1. The van der Waals surface area contributed by atoms with Crippen LogP contribution in [0.25, 0.3) is 0 Å². The first-order chi connectivity index (χ1) is 9.92. The molecule has 1 amide bonds. The number of amides is 1. The number of carbonyl (C=O) groups excluding carboxylic acids is 1. The summed E-state index contributed by atoms with van der Waals surface area (Å²) in [7, 11) is 0. The molecule has 1 N–H and O–H groups in total. The summed E-state index contributed by atoms with van der Waals surface area (Å²) < 4.78 is 15.3. The quantitative estimate of drug-likeness (QED) is 0.667. The maximum atomic E-state index is 13.7. The van der Waals surface area contributed by atoms with Gasteiger partial charge >= 0.3 is 0 Å². The van der Waals surface area contributed by atoms with Gasteiger partial charge in [-0.25, -0.2) is 4.39 Å². The van der Waals surface area contributed by atoms with E-state index < -0.39 is 5.82 Å². The van der Waals surface area contributed by atoms with E-state index in [0.29, 0.717) is 21.3 Å². The van der Waals surface area contributed by atoms with Crippen LogP contribution in [0.2, 0.25) is 0 Å². The molecule has 0 saturated carbocycles. The van der Waals surface area contributed by atoms with Gasteiger partial charge in [0, 0.05) is 19.3 Å². The second-order valence-electron chi connectivity index (χ2n) is 4.32. The summed E-state index contributed by atoms with van der Waals surface area (Å²) in [5, 5.41) is 11.5. The molecule has 2 rings (SSSR count). The molecule has 0 heterocycles. The van der Waals surface area contributed by atoms with E-state index in [2.05, 4.69) is 43.8 Å². The van der Waals surface area contributed by atoms with Crippen LogP contribution in [-0.2, 0) is 0 Å². The Labute approximate surface area is 143 Å². The van der Waals surface area contributed by atoms with Crippen molar-refractivity contribution < 1.29 is 9.18 Å². The topological polar surface area (TPSA) is 52.9 Å². The van der Waals surface area contributed by atoms with Gasteiger partial charge in [-0.2, -0.15) is 5.26 Å². The van der Waals surface area contributed by atoms with E-state index in [0.717, 1.165) is 9.64 Å². The largest absolute Gasteiger partial charge is 0.322 e. The maximum absolute atomic E-state index is 13.7. The second-order valence-corrected chi connectivity index (χ2v) is 6.42. The van der Waals surface area contributed by atoms with E-state index in [9.17, 15) is 9.18 Å². The number of nitrogens with zero attached hydrogens (tertiary/aromatic N) is 1. The Morgan fingerprint density at radius 1 is 1.38 bits per heavy atom. The van der Waals surface area contributed by atoms with Crippen molar-refractivity contribution in [1.82, 2.24) is 0 Å². The van der Waals surface area contributed by atoms with Gasteiger partial charge < -0.3 is 5.32 Å². The van der Waals surface area contributed by atoms with Crippen LogP contribution in [0.15, 0.2) is 34.8 Å². The lowest BCUT2D eigenvalue weighted by atomic mass is 10.1. The van der Waals surface area contributed by atoms with Crippen LogP contribution in [0.3, 0.4) is 0 Å². The van der Waals surface area contributed by atoms with Crippen molar-refractivity contribution in [2.24, 2.45) is 0 Å². The molecular weight excluding hydrogens is 450 g/mol. The Bertz CT molecular complexity index is 771. The van der Waals surface area contributed by atoms with Crippen molar-refractivity contribution >= 4 is 50.1 Å². The summed E-state index contributed by atoms with van der Waals surface area (Å²) in [5.74, 6) is -0.885. The van der Waals surface area contributed by atoms with Gasteiger partial charge in [-0.05, 0) is 75.8 Å². The fourth-order valence-electron chi connectivity index (χ4n) is 1.73. The number of hydrogen-bond donors (Lipinski definition) is 1. The van der Waals surface area contributed by atoms with Crippen molar-refractivity contribution in [2.45, 2.75) is 6.92 Å². The van der Waals surface area contributed by atoms with Gasteiger partial charge in [-0.15, -0.1) is 0 Å². The number of anilines is 1. The first-order valence-electron chi connectivity index (χ1n) is 5.89. The van der Waals surface area contributed by atoms with Crippen LogP contribution in [0.1, 0.15) is 21.5 Å². The fourth-order valence-corrected chi connectivity index (χ4v) is 2.65.